The van der Waals surface area contributed by atoms with Crippen molar-refractivity contribution in [2.75, 3.05) is 0 Å². The van der Waals surface area contributed by atoms with Crippen LogP contribution in [-0.4, -0.2) is 18.0 Å². The Bertz CT molecular complexity index is 288. The van der Waals surface area contributed by atoms with Crippen LogP contribution in [0.25, 0.3) is 0 Å². The predicted octanol–water partition coefficient (Wildman–Crippen LogP) is 2.87. The number of nitrogens with two attached hydrogens (primary N) is 1. The zero-order valence-electron chi connectivity index (χ0n) is 12.2. The summed E-state index contributed by atoms with van der Waals surface area (Å²) >= 11 is 0. The molecule has 3 nitrogen and oxygen atoms in total. The van der Waals surface area contributed by atoms with Crippen LogP contribution in [0.1, 0.15) is 58.8 Å². The number of hydrogen-bond donors (Lipinski definition) is 2. The van der Waals surface area contributed by atoms with Crippen molar-refractivity contribution in [2.24, 2.45) is 23.5 Å². The lowest BCUT2D eigenvalue weighted by atomic mass is 9.79. The molecular formula is C15H29ClN2O. The van der Waals surface area contributed by atoms with Crippen LogP contribution in [0.3, 0.4) is 0 Å². The highest BCUT2D eigenvalue weighted by molar-refractivity contribution is 5.85. The van der Waals surface area contributed by atoms with Crippen LogP contribution in [0.2, 0.25) is 0 Å². The molecule has 0 heterocycles. The maximum absolute atomic E-state index is 12.1. The highest BCUT2D eigenvalue weighted by Gasteiger charge is 2.30. The van der Waals surface area contributed by atoms with Crippen LogP contribution >= 0.6 is 12.4 Å². The molecule has 2 aliphatic carbocycles. The molecule has 2 aliphatic rings. The first kappa shape index (κ1) is 16.8. The first-order chi connectivity index (χ1) is 8.56. The number of carbonyl (C=O) groups excluding carboxylic acids is 1. The molecule has 19 heavy (non-hydrogen) atoms. The Morgan fingerprint density at radius 2 is 1.74 bits per heavy atom. The van der Waals surface area contributed by atoms with Gasteiger partial charge in [-0.05, 0) is 56.8 Å². The molecule has 2 unspecified atom stereocenters. The van der Waals surface area contributed by atoms with E-state index >= 15 is 0 Å². The molecule has 0 saturated heterocycles. The van der Waals surface area contributed by atoms with Crippen molar-refractivity contribution in [1.82, 2.24) is 5.32 Å². The van der Waals surface area contributed by atoms with Gasteiger partial charge in [-0.25, -0.2) is 0 Å². The lowest BCUT2D eigenvalue weighted by Gasteiger charge is -2.31. The Labute approximate surface area is 123 Å². The van der Waals surface area contributed by atoms with Gasteiger partial charge in [-0.15, -0.1) is 12.4 Å². The summed E-state index contributed by atoms with van der Waals surface area (Å²) in [6, 6.07) is 0.668. The molecule has 0 spiro atoms. The highest BCUT2D eigenvalue weighted by Crippen LogP contribution is 2.30. The second-order valence-electron chi connectivity index (χ2n) is 6.63. The zero-order valence-corrected chi connectivity index (χ0v) is 13.0. The van der Waals surface area contributed by atoms with E-state index in [0.29, 0.717) is 6.04 Å². The van der Waals surface area contributed by atoms with Crippen molar-refractivity contribution in [3.63, 3.8) is 0 Å². The van der Waals surface area contributed by atoms with Crippen LogP contribution < -0.4 is 11.1 Å². The summed E-state index contributed by atoms with van der Waals surface area (Å²) in [6.07, 6.45) is 7.74. The second kappa shape index (κ2) is 7.49. The van der Waals surface area contributed by atoms with Gasteiger partial charge in [-0.1, -0.05) is 13.8 Å². The topological polar surface area (TPSA) is 55.1 Å². The van der Waals surface area contributed by atoms with Gasteiger partial charge in [0.25, 0.3) is 0 Å². The SMILES string of the molecule is CC(C)C1CCC(NC(=O)C2CCC(N)C2)CC1.Cl. The third-order valence-electron chi connectivity index (χ3n) is 4.91. The van der Waals surface area contributed by atoms with Gasteiger partial charge < -0.3 is 11.1 Å². The number of carbonyl (C=O) groups is 1. The van der Waals surface area contributed by atoms with Crippen LogP contribution in [0.15, 0.2) is 0 Å². The minimum absolute atomic E-state index is 0. The molecule has 4 heteroatoms. The predicted molar refractivity (Wildman–Crippen MR) is 81.3 cm³/mol. The minimum atomic E-state index is 0. The first-order valence-corrected chi connectivity index (χ1v) is 7.62. The summed E-state index contributed by atoms with van der Waals surface area (Å²) in [5, 5.41) is 3.25. The fraction of sp³-hybridized carbons (Fsp3) is 0.933. The molecule has 0 aliphatic heterocycles. The van der Waals surface area contributed by atoms with Gasteiger partial charge in [0, 0.05) is 18.0 Å². The molecule has 1 amide bonds. The Morgan fingerprint density at radius 3 is 2.21 bits per heavy atom. The molecule has 112 valence electrons. The van der Waals surface area contributed by atoms with E-state index in [2.05, 4.69) is 19.2 Å². The summed E-state index contributed by atoms with van der Waals surface area (Å²) in [5.74, 6) is 2.09. The van der Waals surface area contributed by atoms with Crippen LogP contribution in [0.5, 0.6) is 0 Å². The van der Waals surface area contributed by atoms with Gasteiger partial charge in [0.05, 0.1) is 0 Å². The van der Waals surface area contributed by atoms with E-state index in [0.717, 1.165) is 43.9 Å². The maximum Gasteiger partial charge on any atom is 0.223 e. The summed E-state index contributed by atoms with van der Waals surface area (Å²) in [4.78, 5) is 12.1. The smallest absolute Gasteiger partial charge is 0.223 e. The van der Waals surface area contributed by atoms with Gasteiger partial charge >= 0.3 is 0 Å². The van der Waals surface area contributed by atoms with E-state index in [1.54, 1.807) is 0 Å². The third kappa shape index (κ3) is 4.64. The fourth-order valence-corrected chi connectivity index (χ4v) is 3.50. The molecule has 0 bridgehead atoms. The molecular weight excluding hydrogens is 260 g/mol. The van der Waals surface area contributed by atoms with Crippen molar-refractivity contribution < 1.29 is 4.79 Å². The quantitative estimate of drug-likeness (QED) is 0.839. The number of hydrogen-bond acceptors (Lipinski definition) is 2. The molecule has 2 saturated carbocycles. The Kier molecular flexibility index (Phi) is 6.61. The number of halogens is 1. The van der Waals surface area contributed by atoms with Crippen molar-refractivity contribution >= 4 is 18.3 Å². The summed E-state index contributed by atoms with van der Waals surface area (Å²) in [7, 11) is 0. The molecule has 2 fully saturated rings. The number of nitrogens with one attached hydrogen (secondary N) is 1. The zero-order chi connectivity index (χ0) is 13.1. The fourth-order valence-electron chi connectivity index (χ4n) is 3.50. The molecule has 0 radical (unpaired) electrons. The second-order valence-corrected chi connectivity index (χ2v) is 6.63. The number of amides is 1. The van der Waals surface area contributed by atoms with Crippen molar-refractivity contribution in [3.05, 3.63) is 0 Å². The Morgan fingerprint density at radius 1 is 1.11 bits per heavy atom. The maximum atomic E-state index is 12.1. The summed E-state index contributed by atoms with van der Waals surface area (Å²) < 4.78 is 0. The molecule has 0 aromatic carbocycles. The van der Waals surface area contributed by atoms with E-state index in [-0.39, 0.29) is 30.3 Å². The molecule has 2 rings (SSSR count). The largest absolute Gasteiger partial charge is 0.353 e. The normalized spacial score (nSPS) is 34.9. The summed E-state index contributed by atoms with van der Waals surface area (Å²) in [5.41, 5.74) is 5.87. The molecule has 0 aromatic heterocycles. The Hall–Kier alpha value is -0.280. The minimum Gasteiger partial charge on any atom is -0.353 e. The van der Waals surface area contributed by atoms with E-state index in [1.807, 2.05) is 0 Å². The van der Waals surface area contributed by atoms with Crippen molar-refractivity contribution in [3.8, 4) is 0 Å². The van der Waals surface area contributed by atoms with Gasteiger partial charge in [0.2, 0.25) is 5.91 Å². The average molecular weight is 289 g/mol. The van der Waals surface area contributed by atoms with E-state index in [4.69, 9.17) is 5.73 Å². The van der Waals surface area contributed by atoms with Gasteiger partial charge in [0.1, 0.15) is 0 Å². The van der Waals surface area contributed by atoms with Crippen LogP contribution in [0.4, 0.5) is 0 Å². The van der Waals surface area contributed by atoms with E-state index < -0.39 is 0 Å². The Balaban J connectivity index is 0.00000180. The highest BCUT2D eigenvalue weighted by atomic mass is 35.5. The lowest BCUT2D eigenvalue weighted by Crippen LogP contribution is -2.41. The van der Waals surface area contributed by atoms with Crippen LogP contribution in [0, 0.1) is 17.8 Å². The van der Waals surface area contributed by atoms with Crippen LogP contribution in [-0.2, 0) is 4.79 Å². The monoisotopic (exact) mass is 288 g/mol. The summed E-state index contributed by atoms with van der Waals surface area (Å²) in [6.45, 7) is 4.62. The van der Waals surface area contributed by atoms with E-state index in [1.165, 1.54) is 12.8 Å². The van der Waals surface area contributed by atoms with Gasteiger partial charge in [-0.3, -0.25) is 4.79 Å². The molecule has 0 aromatic rings. The van der Waals surface area contributed by atoms with E-state index in [9.17, 15) is 4.79 Å². The van der Waals surface area contributed by atoms with Gasteiger partial charge in [0.15, 0.2) is 0 Å². The van der Waals surface area contributed by atoms with Crippen molar-refractivity contribution in [2.45, 2.75) is 70.9 Å². The van der Waals surface area contributed by atoms with Crippen molar-refractivity contribution in [1.29, 1.82) is 0 Å². The standard InChI is InChI=1S/C15H28N2O.ClH/c1-10(2)11-4-7-14(8-5-11)17-15(18)12-3-6-13(16)9-12;/h10-14H,3-9,16H2,1-2H3,(H,17,18);1H. The first-order valence-electron chi connectivity index (χ1n) is 7.62. The number of rotatable bonds is 3. The molecule has 2 atom stereocenters. The average Bonchev–Trinajstić information content (AvgIpc) is 2.76. The lowest BCUT2D eigenvalue weighted by molar-refractivity contribution is -0.125. The van der Waals surface area contributed by atoms with Gasteiger partial charge in [-0.2, -0.15) is 0 Å². The third-order valence-corrected chi connectivity index (χ3v) is 4.91. The molecule has 3 N–H and O–H groups in total.